The lowest BCUT2D eigenvalue weighted by Crippen LogP contribution is -2.25. The largest absolute Gasteiger partial charge is 0.477 e. The molecule has 1 aromatic carbocycles. The van der Waals surface area contributed by atoms with Gasteiger partial charge in [-0.05, 0) is 30.3 Å². The van der Waals surface area contributed by atoms with Gasteiger partial charge in [0.15, 0.2) is 5.71 Å². The fourth-order valence-electron chi connectivity index (χ4n) is 2.59. The van der Waals surface area contributed by atoms with Gasteiger partial charge in [-0.25, -0.2) is 4.79 Å². The molecule has 1 aliphatic heterocycles. The molecule has 0 bridgehead atoms. The van der Waals surface area contributed by atoms with Crippen molar-refractivity contribution >= 4 is 63.5 Å². The van der Waals surface area contributed by atoms with Gasteiger partial charge in [0.2, 0.25) is 0 Å². The number of thiophene rings is 1. The average molecular weight is 390 g/mol. The fraction of sp³-hybridized carbons (Fsp3) is 0.200. The molecule has 0 radical (unpaired) electrons. The summed E-state index contributed by atoms with van der Waals surface area (Å²) in [4.78, 5) is 12.4. The molecule has 0 unspecified atom stereocenters. The van der Waals surface area contributed by atoms with Gasteiger partial charge in [0.25, 0.3) is 0 Å². The van der Waals surface area contributed by atoms with Gasteiger partial charge in [-0.2, -0.15) is 5.10 Å². The highest BCUT2D eigenvalue weighted by Gasteiger charge is 2.40. The second-order valence-corrected chi connectivity index (χ2v) is 7.70. The van der Waals surface area contributed by atoms with Crippen molar-refractivity contribution in [1.82, 2.24) is 0 Å². The Kier molecular flexibility index (Phi) is 4.56. The zero-order valence-electron chi connectivity index (χ0n) is 11.8. The first-order valence-corrected chi connectivity index (χ1v) is 8.65. The molecule has 0 spiro atoms. The third kappa shape index (κ3) is 3.06. The van der Waals surface area contributed by atoms with E-state index in [1.807, 2.05) is 13.0 Å². The van der Waals surface area contributed by atoms with Gasteiger partial charge in [-0.1, -0.05) is 41.7 Å². The zero-order chi connectivity index (χ0) is 16.7. The number of hydrogen-bond donors (Lipinski definition) is 1. The number of hydrazone groups is 1. The van der Waals surface area contributed by atoms with Gasteiger partial charge in [-0.3, -0.25) is 5.01 Å². The number of nitrogens with zero attached hydrogens (tertiary/aromatic N) is 2. The monoisotopic (exact) mass is 388 g/mol. The Labute approximate surface area is 151 Å². The van der Waals surface area contributed by atoms with E-state index in [4.69, 9.17) is 34.8 Å². The van der Waals surface area contributed by atoms with E-state index in [1.165, 1.54) is 11.3 Å². The molecule has 23 heavy (non-hydrogen) atoms. The minimum atomic E-state index is -1.04. The number of anilines is 1. The predicted octanol–water partition coefficient (Wildman–Crippen LogP) is 5.35. The Morgan fingerprint density at radius 1 is 1.26 bits per heavy atom. The van der Waals surface area contributed by atoms with Crippen LogP contribution < -0.4 is 5.01 Å². The molecule has 0 aliphatic carbocycles. The van der Waals surface area contributed by atoms with E-state index in [1.54, 1.807) is 29.3 Å². The predicted molar refractivity (Wildman–Crippen MR) is 95.2 cm³/mol. The molecule has 0 amide bonds. The summed E-state index contributed by atoms with van der Waals surface area (Å²) >= 11 is 19.6. The summed E-state index contributed by atoms with van der Waals surface area (Å²) in [5.74, 6) is -1.35. The first kappa shape index (κ1) is 16.6. The maximum Gasteiger partial charge on any atom is 0.352 e. The van der Waals surface area contributed by atoms with Crippen molar-refractivity contribution in [3.63, 3.8) is 0 Å². The Balaban J connectivity index is 2.11. The number of carboxylic acids is 1. The van der Waals surface area contributed by atoms with E-state index in [0.717, 1.165) is 4.88 Å². The highest BCUT2D eigenvalue weighted by molar-refractivity contribution is 7.16. The second-order valence-electron chi connectivity index (χ2n) is 5.11. The first-order chi connectivity index (χ1) is 10.9. The molecule has 0 fully saturated rings. The van der Waals surface area contributed by atoms with Crippen LogP contribution in [-0.4, -0.2) is 16.8 Å². The summed E-state index contributed by atoms with van der Waals surface area (Å²) in [5, 5.41) is 16.2. The molecule has 4 nitrogen and oxygen atoms in total. The third-order valence-electron chi connectivity index (χ3n) is 3.65. The highest BCUT2D eigenvalue weighted by Crippen LogP contribution is 2.44. The lowest BCUT2D eigenvalue weighted by molar-refractivity contribution is -0.129. The summed E-state index contributed by atoms with van der Waals surface area (Å²) in [5.41, 5.74) is 0.694. The van der Waals surface area contributed by atoms with Crippen LogP contribution in [0.3, 0.4) is 0 Å². The molecule has 1 aromatic heterocycles. The standard InChI is InChI=1S/C15H11Cl3N2O2S/c1-7-13(15(21)22)19-20(10-3-2-8(16)6-9(10)17)14(7)11-4-5-12(18)23-11/h2-7,14H,1H3,(H,21,22)/t7-,14+/m0/s1. The Hall–Kier alpha value is -1.27. The quantitative estimate of drug-likeness (QED) is 0.770. The molecule has 0 saturated heterocycles. The summed E-state index contributed by atoms with van der Waals surface area (Å²) in [7, 11) is 0. The molecule has 2 aromatic rings. The van der Waals surface area contributed by atoms with Gasteiger partial charge in [0.1, 0.15) is 0 Å². The average Bonchev–Trinajstić information content (AvgIpc) is 3.02. The number of rotatable bonds is 3. The maximum atomic E-state index is 11.5. The van der Waals surface area contributed by atoms with Gasteiger partial charge >= 0.3 is 5.97 Å². The van der Waals surface area contributed by atoms with Gasteiger partial charge in [0.05, 0.1) is 21.1 Å². The molecule has 2 atom stereocenters. The molecular weight excluding hydrogens is 379 g/mol. The molecule has 1 N–H and O–H groups in total. The number of carbonyl (C=O) groups is 1. The van der Waals surface area contributed by atoms with Crippen LogP contribution in [0.4, 0.5) is 5.69 Å². The van der Waals surface area contributed by atoms with Gasteiger partial charge in [0, 0.05) is 15.8 Å². The third-order valence-corrected chi connectivity index (χ3v) is 5.48. The molecule has 3 rings (SSSR count). The lowest BCUT2D eigenvalue weighted by Gasteiger charge is -2.26. The van der Waals surface area contributed by atoms with E-state index in [0.29, 0.717) is 20.1 Å². The Morgan fingerprint density at radius 2 is 2.00 bits per heavy atom. The van der Waals surface area contributed by atoms with Crippen molar-refractivity contribution < 1.29 is 9.90 Å². The van der Waals surface area contributed by atoms with Crippen LogP contribution in [0.15, 0.2) is 35.4 Å². The van der Waals surface area contributed by atoms with Crippen molar-refractivity contribution in [2.24, 2.45) is 11.0 Å². The molecule has 1 aliphatic rings. The summed E-state index contributed by atoms with van der Waals surface area (Å²) in [6.07, 6.45) is 0. The minimum Gasteiger partial charge on any atom is -0.477 e. The molecule has 120 valence electrons. The van der Waals surface area contributed by atoms with E-state index in [2.05, 4.69) is 5.10 Å². The fourth-order valence-corrected chi connectivity index (χ4v) is 4.34. The van der Waals surface area contributed by atoms with E-state index < -0.39 is 5.97 Å². The number of hydrogen-bond acceptors (Lipinski definition) is 4. The van der Waals surface area contributed by atoms with Crippen molar-refractivity contribution in [3.05, 3.63) is 49.6 Å². The van der Waals surface area contributed by atoms with Crippen molar-refractivity contribution in [2.45, 2.75) is 13.0 Å². The zero-order valence-corrected chi connectivity index (χ0v) is 14.9. The van der Waals surface area contributed by atoms with Crippen LogP contribution in [0.5, 0.6) is 0 Å². The first-order valence-electron chi connectivity index (χ1n) is 6.70. The summed E-state index contributed by atoms with van der Waals surface area (Å²) < 4.78 is 0.637. The van der Waals surface area contributed by atoms with E-state index in [-0.39, 0.29) is 17.7 Å². The Bertz CT molecular complexity index is 806. The number of aliphatic carboxylic acids is 1. The van der Waals surface area contributed by atoms with Crippen molar-refractivity contribution in [2.75, 3.05) is 5.01 Å². The van der Waals surface area contributed by atoms with Gasteiger partial charge in [-0.15, -0.1) is 11.3 Å². The van der Waals surface area contributed by atoms with Crippen LogP contribution >= 0.6 is 46.1 Å². The molecular formula is C15H11Cl3N2O2S. The highest BCUT2D eigenvalue weighted by atomic mass is 35.5. The topological polar surface area (TPSA) is 52.9 Å². The second kappa shape index (κ2) is 6.32. The SMILES string of the molecule is C[C@H]1C(C(=O)O)=NN(c2ccc(Cl)cc2Cl)[C@H]1c1ccc(Cl)s1. The number of carboxylic acid groups (broad SMARTS) is 1. The van der Waals surface area contributed by atoms with Crippen molar-refractivity contribution in [3.8, 4) is 0 Å². The Morgan fingerprint density at radius 3 is 2.57 bits per heavy atom. The number of benzene rings is 1. The molecule has 8 heteroatoms. The summed E-state index contributed by atoms with van der Waals surface area (Å²) in [6, 6.07) is 8.42. The van der Waals surface area contributed by atoms with Crippen LogP contribution in [0.2, 0.25) is 14.4 Å². The van der Waals surface area contributed by atoms with E-state index >= 15 is 0 Å². The maximum absolute atomic E-state index is 11.5. The van der Waals surface area contributed by atoms with Crippen LogP contribution in [0, 0.1) is 5.92 Å². The summed E-state index contributed by atoms with van der Waals surface area (Å²) in [6.45, 7) is 1.83. The molecule has 0 saturated carbocycles. The molecule has 2 heterocycles. The van der Waals surface area contributed by atoms with Crippen LogP contribution in [0.25, 0.3) is 0 Å². The van der Waals surface area contributed by atoms with Crippen LogP contribution in [-0.2, 0) is 4.79 Å². The van der Waals surface area contributed by atoms with Crippen LogP contribution in [0.1, 0.15) is 17.8 Å². The minimum absolute atomic E-state index is 0.0885. The van der Waals surface area contributed by atoms with Gasteiger partial charge < -0.3 is 5.11 Å². The lowest BCUT2D eigenvalue weighted by atomic mass is 9.96. The smallest absolute Gasteiger partial charge is 0.352 e. The van der Waals surface area contributed by atoms with Crippen molar-refractivity contribution in [1.29, 1.82) is 0 Å². The normalized spacial score (nSPS) is 20.7. The number of halogens is 3. The van der Waals surface area contributed by atoms with E-state index in [9.17, 15) is 9.90 Å².